The third-order valence-corrected chi connectivity index (χ3v) is 5.51. The van der Waals surface area contributed by atoms with Crippen molar-refractivity contribution in [1.82, 2.24) is 10.7 Å². The van der Waals surface area contributed by atoms with Crippen molar-refractivity contribution >= 4 is 29.0 Å². The Hall–Kier alpha value is -4.85. The zero-order valence-corrected chi connectivity index (χ0v) is 19.3. The topological polar surface area (TPSA) is 120 Å². The number of amides is 2. The summed E-state index contributed by atoms with van der Waals surface area (Å²) in [5.74, 6) is -0.458. The number of phenols is 2. The molecule has 0 aliphatic heterocycles. The van der Waals surface area contributed by atoms with Gasteiger partial charge in [0, 0.05) is 12.0 Å². The highest BCUT2D eigenvalue weighted by Crippen LogP contribution is 2.25. The van der Waals surface area contributed by atoms with E-state index in [0.29, 0.717) is 11.1 Å². The van der Waals surface area contributed by atoms with Crippen LogP contribution in [0.4, 0.5) is 4.79 Å². The number of ether oxygens (including phenoxy) is 1. The lowest BCUT2D eigenvalue weighted by Crippen LogP contribution is -2.47. The molecule has 2 amide bonds. The molecule has 0 saturated heterocycles. The molecule has 0 heterocycles. The first-order valence-corrected chi connectivity index (χ1v) is 11.3. The maximum Gasteiger partial charge on any atom is 0.408 e. The van der Waals surface area contributed by atoms with Gasteiger partial charge in [0.25, 0.3) is 5.91 Å². The van der Waals surface area contributed by atoms with E-state index in [-0.39, 0.29) is 24.5 Å². The Morgan fingerprint density at radius 2 is 1.58 bits per heavy atom. The Balaban J connectivity index is 1.46. The molecule has 1 atom stereocenters. The highest BCUT2D eigenvalue weighted by atomic mass is 16.5. The van der Waals surface area contributed by atoms with Crippen LogP contribution in [0.2, 0.25) is 0 Å². The van der Waals surface area contributed by atoms with E-state index in [2.05, 4.69) is 15.8 Å². The Morgan fingerprint density at radius 1 is 0.861 bits per heavy atom. The van der Waals surface area contributed by atoms with Gasteiger partial charge in [-0.15, -0.1) is 0 Å². The Labute approximate surface area is 207 Å². The number of benzene rings is 4. The summed E-state index contributed by atoms with van der Waals surface area (Å²) in [4.78, 5) is 25.4. The van der Waals surface area contributed by atoms with Gasteiger partial charge in [-0.05, 0) is 40.1 Å². The maximum absolute atomic E-state index is 13.0. The molecule has 182 valence electrons. The van der Waals surface area contributed by atoms with E-state index in [1.807, 2.05) is 54.6 Å². The van der Waals surface area contributed by atoms with E-state index in [1.54, 1.807) is 24.3 Å². The van der Waals surface area contributed by atoms with Gasteiger partial charge < -0.3 is 20.3 Å². The van der Waals surface area contributed by atoms with Crippen LogP contribution in [0.25, 0.3) is 10.8 Å². The molecule has 8 nitrogen and oxygen atoms in total. The van der Waals surface area contributed by atoms with Crippen LogP contribution in [-0.2, 0) is 22.6 Å². The Bertz CT molecular complexity index is 1370. The molecule has 4 rings (SSSR count). The molecule has 0 aromatic heterocycles. The van der Waals surface area contributed by atoms with Crippen molar-refractivity contribution in [3.05, 3.63) is 108 Å². The molecule has 0 spiro atoms. The lowest BCUT2D eigenvalue weighted by Gasteiger charge is -2.17. The first-order chi connectivity index (χ1) is 17.5. The number of aromatic hydroxyl groups is 2. The third kappa shape index (κ3) is 6.38. The van der Waals surface area contributed by atoms with Crippen LogP contribution in [0.5, 0.6) is 11.5 Å². The summed E-state index contributed by atoms with van der Waals surface area (Å²) in [6.07, 6.45) is 0.746. The van der Waals surface area contributed by atoms with Crippen molar-refractivity contribution < 1.29 is 24.5 Å². The average Bonchev–Trinajstić information content (AvgIpc) is 2.90. The smallest absolute Gasteiger partial charge is 0.408 e. The summed E-state index contributed by atoms with van der Waals surface area (Å²) in [5, 5.41) is 28.1. The average molecular weight is 484 g/mol. The molecule has 4 N–H and O–H groups in total. The van der Waals surface area contributed by atoms with Gasteiger partial charge in [0.1, 0.15) is 24.1 Å². The summed E-state index contributed by atoms with van der Waals surface area (Å²) in [6, 6.07) is 25.3. The van der Waals surface area contributed by atoms with Gasteiger partial charge in [0.05, 0.1) is 6.21 Å². The van der Waals surface area contributed by atoms with E-state index in [0.717, 1.165) is 16.3 Å². The Morgan fingerprint density at radius 3 is 2.36 bits per heavy atom. The van der Waals surface area contributed by atoms with Gasteiger partial charge in [0.2, 0.25) is 0 Å². The zero-order valence-electron chi connectivity index (χ0n) is 19.3. The zero-order chi connectivity index (χ0) is 25.3. The first kappa shape index (κ1) is 24.3. The largest absolute Gasteiger partial charge is 0.508 e. The second-order valence-electron chi connectivity index (χ2n) is 8.08. The number of alkyl carbamates (subject to hydrolysis) is 1. The van der Waals surface area contributed by atoms with Gasteiger partial charge >= 0.3 is 6.09 Å². The highest BCUT2D eigenvalue weighted by Gasteiger charge is 2.22. The van der Waals surface area contributed by atoms with E-state index in [4.69, 9.17) is 4.74 Å². The molecule has 0 aliphatic carbocycles. The number of rotatable bonds is 8. The van der Waals surface area contributed by atoms with Gasteiger partial charge in [-0.25, -0.2) is 10.2 Å². The van der Waals surface area contributed by atoms with Crippen molar-refractivity contribution in [2.45, 2.75) is 19.1 Å². The molecule has 4 aromatic carbocycles. The lowest BCUT2D eigenvalue weighted by molar-refractivity contribution is -0.123. The predicted octanol–water partition coefficient (Wildman–Crippen LogP) is 4.24. The number of hydrazone groups is 1. The molecular formula is C28H25N3O5. The van der Waals surface area contributed by atoms with Gasteiger partial charge in [-0.3, -0.25) is 4.79 Å². The fourth-order valence-electron chi connectivity index (χ4n) is 3.64. The molecule has 8 heteroatoms. The van der Waals surface area contributed by atoms with Gasteiger partial charge in [0.15, 0.2) is 0 Å². The number of hydrogen-bond acceptors (Lipinski definition) is 6. The predicted molar refractivity (Wildman–Crippen MR) is 137 cm³/mol. The molecule has 0 saturated carbocycles. The van der Waals surface area contributed by atoms with Crippen LogP contribution in [0.15, 0.2) is 96.1 Å². The monoisotopic (exact) mass is 483 g/mol. The first-order valence-electron chi connectivity index (χ1n) is 11.3. The Kier molecular flexibility index (Phi) is 7.77. The molecular weight excluding hydrogens is 458 g/mol. The maximum atomic E-state index is 13.0. The van der Waals surface area contributed by atoms with E-state index in [1.165, 1.54) is 18.3 Å². The highest BCUT2D eigenvalue weighted by molar-refractivity contribution is 6.02. The molecule has 36 heavy (non-hydrogen) atoms. The molecule has 0 aliphatic rings. The summed E-state index contributed by atoms with van der Waals surface area (Å²) in [5.41, 5.74) is 4.42. The number of hydrogen-bond donors (Lipinski definition) is 4. The van der Waals surface area contributed by atoms with Crippen molar-refractivity contribution in [2.24, 2.45) is 5.10 Å². The fraction of sp³-hybridized carbons (Fsp3) is 0.107. The number of carbonyl (C=O) groups is 2. The summed E-state index contributed by atoms with van der Waals surface area (Å²) in [6.45, 7) is 0.0543. The number of nitrogens with one attached hydrogen (secondary N) is 2. The van der Waals surface area contributed by atoms with Crippen LogP contribution < -0.4 is 10.7 Å². The van der Waals surface area contributed by atoms with Gasteiger partial charge in [-0.2, -0.15) is 5.10 Å². The van der Waals surface area contributed by atoms with Crippen LogP contribution >= 0.6 is 0 Å². The van der Waals surface area contributed by atoms with Crippen molar-refractivity contribution in [3.8, 4) is 11.5 Å². The van der Waals surface area contributed by atoms with Crippen molar-refractivity contribution in [2.75, 3.05) is 0 Å². The molecule has 1 unspecified atom stereocenters. The second kappa shape index (κ2) is 11.5. The quantitative estimate of drug-likeness (QED) is 0.221. The number of nitrogens with zero attached hydrogens (tertiary/aromatic N) is 1. The lowest BCUT2D eigenvalue weighted by atomic mass is 10.0. The minimum atomic E-state index is -1.00. The third-order valence-electron chi connectivity index (χ3n) is 5.51. The summed E-state index contributed by atoms with van der Waals surface area (Å²) < 4.78 is 5.26. The summed E-state index contributed by atoms with van der Waals surface area (Å²) >= 11 is 0. The van der Waals surface area contributed by atoms with Crippen LogP contribution in [-0.4, -0.2) is 34.5 Å². The SMILES string of the molecule is O=C(NC(Cc1ccc(O)cc1)C(=O)NN=Cc1c(O)ccc2ccccc12)OCc1ccccc1. The number of fused-ring (bicyclic) bond motifs is 1. The van der Waals surface area contributed by atoms with Gasteiger partial charge in [-0.1, -0.05) is 72.8 Å². The molecule has 0 bridgehead atoms. The standard InChI is InChI=1S/C28H25N3O5/c32-22-13-10-19(11-14-22)16-25(30-28(35)36-18-20-6-2-1-3-7-20)27(34)31-29-17-24-23-9-5-4-8-21(23)12-15-26(24)33/h1-15,17,25,32-33H,16,18H2,(H,30,35)(H,31,34). The molecule has 0 radical (unpaired) electrons. The molecule has 4 aromatic rings. The number of phenolic OH excluding ortho intramolecular Hbond substituents is 2. The summed E-state index contributed by atoms with van der Waals surface area (Å²) in [7, 11) is 0. The van der Waals surface area contributed by atoms with Crippen LogP contribution in [0, 0.1) is 0 Å². The minimum absolute atomic E-state index is 0.0231. The van der Waals surface area contributed by atoms with Crippen LogP contribution in [0.1, 0.15) is 16.7 Å². The van der Waals surface area contributed by atoms with E-state index in [9.17, 15) is 19.8 Å². The van der Waals surface area contributed by atoms with E-state index >= 15 is 0 Å². The van der Waals surface area contributed by atoms with Crippen molar-refractivity contribution in [3.63, 3.8) is 0 Å². The van der Waals surface area contributed by atoms with E-state index < -0.39 is 18.0 Å². The minimum Gasteiger partial charge on any atom is -0.508 e. The number of carbonyl (C=O) groups excluding carboxylic acids is 2. The second-order valence-corrected chi connectivity index (χ2v) is 8.08. The normalized spacial score (nSPS) is 11.8. The van der Waals surface area contributed by atoms with Crippen molar-refractivity contribution in [1.29, 1.82) is 0 Å². The fourth-order valence-corrected chi connectivity index (χ4v) is 3.64. The van der Waals surface area contributed by atoms with Crippen LogP contribution in [0.3, 0.4) is 0 Å². The molecule has 0 fully saturated rings.